The lowest BCUT2D eigenvalue weighted by molar-refractivity contribution is -0.118. The highest BCUT2D eigenvalue weighted by molar-refractivity contribution is 8.00. The Hall–Kier alpha value is -1.49. The van der Waals surface area contributed by atoms with Crippen molar-refractivity contribution in [2.75, 3.05) is 5.75 Å². The van der Waals surface area contributed by atoms with Gasteiger partial charge in [-0.2, -0.15) is 0 Å². The van der Waals surface area contributed by atoms with Crippen molar-refractivity contribution in [3.05, 3.63) is 29.8 Å². The summed E-state index contributed by atoms with van der Waals surface area (Å²) >= 11 is 1.35. The molecule has 17 heavy (non-hydrogen) atoms. The first kappa shape index (κ1) is 12.0. The van der Waals surface area contributed by atoms with Crippen LogP contribution in [0.25, 0.3) is 0 Å². The molecular weight excluding hydrogens is 238 g/mol. The third kappa shape index (κ3) is 3.78. The zero-order chi connectivity index (χ0) is 12.3. The van der Waals surface area contributed by atoms with E-state index in [-0.39, 0.29) is 11.5 Å². The van der Waals surface area contributed by atoms with Crippen molar-refractivity contribution in [3.63, 3.8) is 0 Å². The number of nitrogens with one attached hydrogen (secondary N) is 1. The average molecular weight is 251 g/mol. The smallest absolute Gasteiger partial charge is 0.335 e. The van der Waals surface area contributed by atoms with E-state index >= 15 is 0 Å². The normalized spacial score (nSPS) is 14.4. The second kappa shape index (κ2) is 5.23. The number of aromatic carboxylic acids is 1. The molecule has 4 nitrogen and oxygen atoms in total. The number of thioether (sulfide) groups is 1. The fourth-order valence-electron chi connectivity index (χ4n) is 1.36. The van der Waals surface area contributed by atoms with Crippen LogP contribution < -0.4 is 5.32 Å². The molecule has 0 unspecified atom stereocenters. The quantitative estimate of drug-likeness (QED) is 0.782. The van der Waals surface area contributed by atoms with Gasteiger partial charge in [0.1, 0.15) is 0 Å². The Kier molecular flexibility index (Phi) is 3.68. The van der Waals surface area contributed by atoms with E-state index in [1.165, 1.54) is 17.8 Å². The van der Waals surface area contributed by atoms with E-state index in [2.05, 4.69) is 5.32 Å². The lowest BCUT2D eigenvalue weighted by Gasteiger charge is -2.04. The van der Waals surface area contributed by atoms with E-state index in [9.17, 15) is 9.59 Å². The number of rotatable bonds is 5. The van der Waals surface area contributed by atoms with Crippen molar-refractivity contribution < 1.29 is 14.7 Å². The Morgan fingerprint density at radius 2 is 2.18 bits per heavy atom. The molecule has 0 bridgehead atoms. The van der Waals surface area contributed by atoms with E-state index < -0.39 is 5.97 Å². The van der Waals surface area contributed by atoms with E-state index in [0.717, 1.165) is 17.7 Å². The fraction of sp³-hybridized carbons (Fsp3) is 0.333. The molecular formula is C12H13NO3S. The molecule has 0 spiro atoms. The second-order valence-corrected chi connectivity index (χ2v) is 5.01. The first-order valence-electron chi connectivity index (χ1n) is 5.40. The first-order valence-corrected chi connectivity index (χ1v) is 6.39. The Morgan fingerprint density at radius 1 is 1.41 bits per heavy atom. The van der Waals surface area contributed by atoms with Crippen molar-refractivity contribution in [1.29, 1.82) is 0 Å². The summed E-state index contributed by atoms with van der Waals surface area (Å²) in [5.74, 6) is -0.604. The number of carbonyl (C=O) groups excluding carboxylic acids is 1. The van der Waals surface area contributed by atoms with Gasteiger partial charge in [0.15, 0.2) is 0 Å². The van der Waals surface area contributed by atoms with Crippen molar-refractivity contribution in [3.8, 4) is 0 Å². The van der Waals surface area contributed by atoms with Crippen LogP contribution in [0.3, 0.4) is 0 Å². The highest BCUT2D eigenvalue weighted by atomic mass is 32.2. The van der Waals surface area contributed by atoms with Gasteiger partial charge >= 0.3 is 5.97 Å². The maximum absolute atomic E-state index is 11.4. The summed E-state index contributed by atoms with van der Waals surface area (Å²) < 4.78 is 0. The van der Waals surface area contributed by atoms with Gasteiger partial charge in [0.2, 0.25) is 5.91 Å². The van der Waals surface area contributed by atoms with Gasteiger partial charge in [0, 0.05) is 10.9 Å². The zero-order valence-corrected chi connectivity index (χ0v) is 10.00. The maximum Gasteiger partial charge on any atom is 0.335 e. The van der Waals surface area contributed by atoms with Gasteiger partial charge in [-0.15, -0.1) is 11.8 Å². The third-order valence-corrected chi connectivity index (χ3v) is 3.39. The Balaban J connectivity index is 1.87. The summed E-state index contributed by atoms with van der Waals surface area (Å²) in [6.07, 6.45) is 2.15. The number of carbonyl (C=O) groups is 2. The topological polar surface area (TPSA) is 66.4 Å². The van der Waals surface area contributed by atoms with Crippen LogP contribution in [0.4, 0.5) is 0 Å². The van der Waals surface area contributed by atoms with Crippen LogP contribution in [0.2, 0.25) is 0 Å². The molecule has 5 heteroatoms. The standard InChI is InChI=1S/C12H13NO3S/c14-11(13-9-4-5-9)7-17-10-3-1-2-8(6-10)12(15)16/h1-3,6,9H,4-5,7H2,(H,13,14)(H,15,16). The molecule has 0 atom stereocenters. The predicted octanol–water partition coefficient (Wildman–Crippen LogP) is 1.76. The minimum atomic E-state index is -0.949. The van der Waals surface area contributed by atoms with Crippen molar-refractivity contribution >= 4 is 23.6 Å². The van der Waals surface area contributed by atoms with Crippen LogP contribution in [0.5, 0.6) is 0 Å². The molecule has 0 saturated heterocycles. The number of carboxylic acids is 1. The Labute approximate surface area is 103 Å². The summed E-state index contributed by atoms with van der Waals surface area (Å²) in [6, 6.07) is 6.98. The molecule has 1 aliphatic rings. The SMILES string of the molecule is O=C(CSc1cccc(C(=O)O)c1)NC1CC1. The van der Waals surface area contributed by atoms with Crippen LogP contribution in [0, 0.1) is 0 Å². The van der Waals surface area contributed by atoms with Crippen LogP contribution in [-0.2, 0) is 4.79 Å². The van der Waals surface area contributed by atoms with Crippen molar-refractivity contribution in [2.24, 2.45) is 0 Å². The summed E-state index contributed by atoms with van der Waals surface area (Å²) in [5.41, 5.74) is 0.248. The highest BCUT2D eigenvalue weighted by Gasteiger charge is 2.22. The largest absolute Gasteiger partial charge is 0.478 e. The fourth-order valence-corrected chi connectivity index (χ4v) is 2.13. The summed E-state index contributed by atoms with van der Waals surface area (Å²) in [6.45, 7) is 0. The molecule has 0 heterocycles. The average Bonchev–Trinajstić information content (AvgIpc) is 3.11. The molecule has 2 N–H and O–H groups in total. The predicted molar refractivity (Wildman–Crippen MR) is 65.3 cm³/mol. The van der Waals surface area contributed by atoms with Crippen LogP contribution in [0.1, 0.15) is 23.2 Å². The maximum atomic E-state index is 11.4. The van der Waals surface area contributed by atoms with Crippen molar-refractivity contribution in [1.82, 2.24) is 5.32 Å². The minimum absolute atomic E-state index is 0.0122. The van der Waals surface area contributed by atoms with Gasteiger partial charge in [-0.25, -0.2) is 4.79 Å². The van der Waals surface area contributed by atoms with Gasteiger partial charge in [-0.1, -0.05) is 6.07 Å². The summed E-state index contributed by atoms with van der Waals surface area (Å²) in [7, 11) is 0. The highest BCUT2D eigenvalue weighted by Crippen LogP contribution is 2.21. The van der Waals surface area contributed by atoms with E-state index in [4.69, 9.17) is 5.11 Å². The molecule has 1 amide bonds. The number of benzene rings is 1. The van der Waals surface area contributed by atoms with Crippen LogP contribution in [0.15, 0.2) is 29.2 Å². The number of hydrogen-bond donors (Lipinski definition) is 2. The van der Waals surface area contributed by atoms with Gasteiger partial charge < -0.3 is 10.4 Å². The molecule has 0 radical (unpaired) electrons. The molecule has 2 rings (SSSR count). The molecule has 1 fully saturated rings. The number of carboxylic acid groups (broad SMARTS) is 1. The Bertz CT molecular complexity index is 443. The second-order valence-electron chi connectivity index (χ2n) is 3.96. The molecule has 0 aliphatic heterocycles. The molecule has 1 aliphatic carbocycles. The van der Waals surface area contributed by atoms with E-state index in [1.54, 1.807) is 12.1 Å². The summed E-state index contributed by atoms with van der Waals surface area (Å²) in [4.78, 5) is 23.0. The lowest BCUT2D eigenvalue weighted by Crippen LogP contribution is -2.26. The van der Waals surface area contributed by atoms with Gasteiger partial charge in [0.05, 0.1) is 11.3 Å². The first-order chi connectivity index (χ1) is 8.15. The van der Waals surface area contributed by atoms with Gasteiger partial charge in [-0.3, -0.25) is 4.79 Å². The molecule has 0 aromatic heterocycles. The van der Waals surface area contributed by atoms with Crippen molar-refractivity contribution in [2.45, 2.75) is 23.8 Å². The van der Waals surface area contributed by atoms with Gasteiger partial charge in [-0.05, 0) is 31.0 Å². The van der Waals surface area contributed by atoms with Crippen LogP contribution in [-0.4, -0.2) is 28.8 Å². The molecule has 1 aromatic carbocycles. The lowest BCUT2D eigenvalue weighted by atomic mass is 10.2. The van der Waals surface area contributed by atoms with Gasteiger partial charge in [0.25, 0.3) is 0 Å². The third-order valence-electron chi connectivity index (χ3n) is 2.39. The van der Waals surface area contributed by atoms with E-state index in [0.29, 0.717) is 11.8 Å². The molecule has 1 aromatic rings. The minimum Gasteiger partial charge on any atom is -0.478 e. The van der Waals surface area contributed by atoms with E-state index in [1.807, 2.05) is 6.07 Å². The Morgan fingerprint density at radius 3 is 2.82 bits per heavy atom. The van der Waals surface area contributed by atoms with Crippen LogP contribution >= 0.6 is 11.8 Å². The molecule has 90 valence electrons. The summed E-state index contributed by atoms with van der Waals surface area (Å²) in [5, 5.41) is 11.7. The number of hydrogen-bond acceptors (Lipinski definition) is 3. The zero-order valence-electron chi connectivity index (χ0n) is 9.18. The number of amides is 1. The monoisotopic (exact) mass is 251 g/mol. The molecule has 1 saturated carbocycles.